The largest absolute Gasteiger partial charge is 0.347 e. The molecule has 1 atom stereocenters. The maximum atomic E-state index is 13.3. The Balaban J connectivity index is 1.30. The van der Waals surface area contributed by atoms with Crippen molar-refractivity contribution in [1.29, 1.82) is 0 Å². The van der Waals surface area contributed by atoms with Crippen molar-refractivity contribution >= 4 is 33.5 Å². The van der Waals surface area contributed by atoms with Crippen LogP contribution in [0.2, 0.25) is 5.02 Å². The minimum Gasteiger partial charge on any atom is -0.347 e. The van der Waals surface area contributed by atoms with E-state index in [1.165, 1.54) is 12.1 Å². The molecule has 1 unspecified atom stereocenters. The molecule has 11 nitrogen and oxygen atoms in total. The molecular formula is C27H29ClN8O3S. The summed E-state index contributed by atoms with van der Waals surface area (Å²) in [6.07, 6.45) is 3.48. The third-order valence-corrected chi connectivity index (χ3v) is 7.79. The number of nitrogens with zero attached hydrogens (tertiary/aromatic N) is 6. The molecule has 3 N–H and O–H groups in total. The minimum absolute atomic E-state index is 0.0135. The van der Waals surface area contributed by atoms with Crippen molar-refractivity contribution in [2.24, 2.45) is 5.14 Å². The molecule has 0 aliphatic carbocycles. The van der Waals surface area contributed by atoms with E-state index in [1.54, 1.807) is 53.5 Å². The summed E-state index contributed by atoms with van der Waals surface area (Å²) in [4.78, 5) is 26.3. The summed E-state index contributed by atoms with van der Waals surface area (Å²) in [6, 6.07) is 16.6. The highest BCUT2D eigenvalue weighted by Crippen LogP contribution is 2.26. The van der Waals surface area contributed by atoms with Gasteiger partial charge < -0.3 is 10.2 Å². The van der Waals surface area contributed by atoms with Crippen LogP contribution in [0.4, 0.5) is 5.95 Å². The lowest BCUT2D eigenvalue weighted by Crippen LogP contribution is -2.51. The van der Waals surface area contributed by atoms with Gasteiger partial charge in [0.05, 0.1) is 16.3 Å². The van der Waals surface area contributed by atoms with E-state index in [9.17, 15) is 13.2 Å². The van der Waals surface area contributed by atoms with E-state index in [0.29, 0.717) is 22.9 Å². The second kappa shape index (κ2) is 11.7. The molecule has 1 aliphatic rings. The SMILES string of the molecule is CC(CN1CCN(c2ncccn2)CC1)NC(=O)c1cc(-c2ccc(Cl)cc2)n(-c2ccc(S(N)(=O)=O)cc2)n1. The first-order valence-electron chi connectivity index (χ1n) is 12.7. The van der Waals surface area contributed by atoms with E-state index in [4.69, 9.17) is 16.7 Å². The van der Waals surface area contributed by atoms with Crippen LogP contribution in [0.5, 0.6) is 0 Å². The van der Waals surface area contributed by atoms with Crippen molar-refractivity contribution < 1.29 is 13.2 Å². The van der Waals surface area contributed by atoms with Crippen LogP contribution in [-0.4, -0.2) is 77.7 Å². The van der Waals surface area contributed by atoms with E-state index < -0.39 is 10.0 Å². The van der Waals surface area contributed by atoms with E-state index in [1.807, 2.05) is 19.1 Å². The zero-order valence-electron chi connectivity index (χ0n) is 21.8. The summed E-state index contributed by atoms with van der Waals surface area (Å²) in [7, 11) is -3.84. The predicted molar refractivity (Wildman–Crippen MR) is 153 cm³/mol. The fourth-order valence-electron chi connectivity index (χ4n) is 4.61. The van der Waals surface area contributed by atoms with E-state index in [0.717, 1.165) is 37.7 Å². The molecule has 0 saturated carbocycles. The highest BCUT2D eigenvalue weighted by atomic mass is 35.5. The van der Waals surface area contributed by atoms with Crippen molar-refractivity contribution in [3.05, 3.63) is 83.8 Å². The van der Waals surface area contributed by atoms with Gasteiger partial charge in [0.25, 0.3) is 5.91 Å². The van der Waals surface area contributed by atoms with Gasteiger partial charge in [0.2, 0.25) is 16.0 Å². The summed E-state index contributed by atoms with van der Waals surface area (Å²) in [5.74, 6) is 0.425. The highest BCUT2D eigenvalue weighted by molar-refractivity contribution is 7.89. The molecule has 13 heteroatoms. The maximum absolute atomic E-state index is 13.3. The van der Waals surface area contributed by atoms with Gasteiger partial charge >= 0.3 is 0 Å². The summed E-state index contributed by atoms with van der Waals surface area (Å²) in [5, 5.41) is 13.5. The van der Waals surface area contributed by atoms with Crippen molar-refractivity contribution in [3.8, 4) is 16.9 Å². The van der Waals surface area contributed by atoms with Gasteiger partial charge in [0.1, 0.15) is 0 Å². The Hall–Kier alpha value is -3.84. The molecule has 2 aromatic heterocycles. The monoisotopic (exact) mass is 580 g/mol. The molecule has 1 amide bonds. The number of primary sulfonamides is 1. The standard InChI is InChI=1S/C27H29ClN8O3S/c1-19(18-34-13-15-35(16-14-34)27-30-11-2-12-31-27)32-26(37)24-17-25(20-3-5-21(28)6-4-20)36(33-24)22-7-9-23(10-8-22)40(29,38)39/h2-12,17,19H,13-16,18H2,1H3,(H,32,37)(H2,29,38,39). The number of sulfonamides is 1. The Labute approximate surface area is 237 Å². The number of piperazine rings is 1. The molecule has 0 spiro atoms. The number of nitrogens with two attached hydrogens (primary N) is 1. The topological polar surface area (TPSA) is 139 Å². The lowest BCUT2D eigenvalue weighted by atomic mass is 10.1. The van der Waals surface area contributed by atoms with Crippen LogP contribution in [0, 0.1) is 0 Å². The second-order valence-electron chi connectivity index (χ2n) is 9.58. The van der Waals surface area contributed by atoms with Gasteiger partial charge in [-0.2, -0.15) is 5.10 Å². The molecule has 0 bridgehead atoms. The number of carbonyl (C=O) groups excluding carboxylic acids is 1. The van der Waals surface area contributed by atoms with Gasteiger partial charge in [-0.05, 0) is 55.5 Å². The average molecular weight is 581 g/mol. The maximum Gasteiger partial charge on any atom is 0.272 e. The number of hydrogen-bond acceptors (Lipinski definition) is 8. The number of anilines is 1. The first kappa shape index (κ1) is 27.7. The van der Waals surface area contributed by atoms with Gasteiger partial charge in [-0.1, -0.05) is 23.7 Å². The average Bonchev–Trinajstić information content (AvgIpc) is 3.40. The van der Waals surface area contributed by atoms with E-state index in [2.05, 4.69) is 30.2 Å². The third-order valence-electron chi connectivity index (χ3n) is 6.61. The molecule has 2 aromatic carbocycles. The van der Waals surface area contributed by atoms with Crippen LogP contribution in [-0.2, 0) is 10.0 Å². The fourth-order valence-corrected chi connectivity index (χ4v) is 5.25. The molecule has 208 valence electrons. The van der Waals surface area contributed by atoms with E-state index in [-0.39, 0.29) is 22.5 Å². The van der Waals surface area contributed by atoms with Gasteiger partial charge in [0.15, 0.2) is 5.69 Å². The van der Waals surface area contributed by atoms with Crippen LogP contribution in [0.3, 0.4) is 0 Å². The van der Waals surface area contributed by atoms with Gasteiger partial charge in [-0.15, -0.1) is 0 Å². The van der Waals surface area contributed by atoms with Crippen molar-refractivity contribution in [2.75, 3.05) is 37.6 Å². The molecule has 0 radical (unpaired) electrons. The molecule has 5 rings (SSSR count). The molecular weight excluding hydrogens is 552 g/mol. The minimum atomic E-state index is -3.84. The van der Waals surface area contributed by atoms with Gasteiger partial charge in [-0.25, -0.2) is 28.2 Å². The number of aromatic nitrogens is 4. The van der Waals surface area contributed by atoms with Crippen LogP contribution >= 0.6 is 11.6 Å². The van der Waals surface area contributed by atoms with Crippen molar-refractivity contribution in [2.45, 2.75) is 17.9 Å². The number of amides is 1. The highest BCUT2D eigenvalue weighted by Gasteiger charge is 2.23. The number of nitrogens with one attached hydrogen (secondary N) is 1. The predicted octanol–water partition coefficient (Wildman–Crippen LogP) is 2.57. The molecule has 40 heavy (non-hydrogen) atoms. The van der Waals surface area contributed by atoms with Crippen LogP contribution in [0.1, 0.15) is 17.4 Å². The Morgan fingerprint density at radius 3 is 2.30 bits per heavy atom. The molecule has 1 aliphatic heterocycles. The smallest absolute Gasteiger partial charge is 0.272 e. The van der Waals surface area contributed by atoms with Crippen LogP contribution < -0.4 is 15.4 Å². The quantitative estimate of drug-likeness (QED) is 0.324. The Kier molecular flexibility index (Phi) is 8.12. The van der Waals surface area contributed by atoms with Crippen LogP contribution in [0.15, 0.2) is 78.0 Å². The Bertz CT molecular complexity index is 1570. The fraction of sp³-hybridized carbons (Fsp3) is 0.259. The van der Waals surface area contributed by atoms with Gasteiger partial charge in [0, 0.05) is 61.7 Å². The normalized spacial score (nSPS) is 15.1. The number of benzene rings is 2. The number of halogens is 1. The summed E-state index contributed by atoms with van der Waals surface area (Å²) < 4.78 is 25.0. The molecule has 1 saturated heterocycles. The molecule has 3 heterocycles. The number of hydrogen-bond donors (Lipinski definition) is 2. The van der Waals surface area contributed by atoms with Crippen molar-refractivity contribution in [1.82, 2.24) is 30.0 Å². The third kappa shape index (κ3) is 6.48. The molecule has 1 fully saturated rings. The van der Waals surface area contributed by atoms with E-state index >= 15 is 0 Å². The summed E-state index contributed by atoms with van der Waals surface area (Å²) in [5.41, 5.74) is 2.25. The summed E-state index contributed by atoms with van der Waals surface area (Å²) in [6.45, 7) is 5.95. The first-order valence-corrected chi connectivity index (χ1v) is 14.6. The summed E-state index contributed by atoms with van der Waals surface area (Å²) >= 11 is 6.08. The lowest BCUT2D eigenvalue weighted by molar-refractivity contribution is 0.0922. The Morgan fingerprint density at radius 1 is 1.02 bits per heavy atom. The zero-order valence-corrected chi connectivity index (χ0v) is 23.4. The second-order valence-corrected chi connectivity index (χ2v) is 11.6. The number of carbonyl (C=O) groups is 1. The van der Waals surface area contributed by atoms with Crippen molar-refractivity contribution in [3.63, 3.8) is 0 Å². The number of rotatable bonds is 8. The zero-order chi connectivity index (χ0) is 28.3. The Morgan fingerprint density at radius 2 is 1.68 bits per heavy atom. The lowest BCUT2D eigenvalue weighted by Gasteiger charge is -2.35. The van der Waals surface area contributed by atoms with Gasteiger partial charge in [-0.3, -0.25) is 9.69 Å². The van der Waals surface area contributed by atoms with Crippen LogP contribution in [0.25, 0.3) is 16.9 Å². The first-order chi connectivity index (χ1) is 19.2. The molecule has 4 aromatic rings.